The van der Waals surface area contributed by atoms with Crippen LogP contribution in [0.4, 0.5) is 5.69 Å². The van der Waals surface area contributed by atoms with Crippen LogP contribution in [0, 0.1) is 13.8 Å². The van der Waals surface area contributed by atoms with Gasteiger partial charge in [-0.2, -0.15) is 5.10 Å². The Morgan fingerprint density at radius 2 is 2.03 bits per heavy atom. The molecule has 3 aromatic heterocycles. The lowest BCUT2D eigenvalue weighted by Gasteiger charge is -2.24. The van der Waals surface area contributed by atoms with Crippen molar-refractivity contribution in [1.82, 2.24) is 20.1 Å². The molecule has 4 heterocycles. The summed E-state index contributed by atoms with van der Waals surface area (Å²) in [7, 11) is 0. The topological polar surface area (TPSA) is 76.2 Å². The molecule has 1 amide bonds. The Labute approximate surface area is 193 Å². The maximum Gasteiger partial charge on any atom is 0.255 e. The molecule has 0 aliphatic carbocycles. The monoisotopic (exact) mass is 441 g/mol. The summed E-state index contributed by atoms with van der Waals surface area (Å²) in [6.07, 6.45) is 4.35. The molecule has 33 heavy (non-hydrogen) atoms. The number of furan rings is 1. The van der Waals surface area contributed by atoms with Crippen molar-refractivity contribution in [3.63, 3.8) is 0 Å². The number of nitrogens with zero attached hydrogens (tertiary/aromatic N) is 4. The Bertz CT molecular complexity index is 1290. The van der Waals surface area contributed by atoms with E-state index in [9.17, 15) is 4.79 Å². The van der Waals surface area contributed by atoms with Crippen LogP contribution >= 0.6 is 0 Å². The second-order valence-electron chi connectivity index (χ2n) is 8.61. The molecular formula is C26H27N5O2. The zero-order valence-electron chi connectivity index (χ0n) is 19.1. The molecule has 1 aliphatic heterocycles. The maximum atomic E-state index is 12.9. The SMILES string of the molecule is Cc1cc(C)n(-c2ccc(CNC(=O)c3ccoc3CN3c4ccccc4CC3C)cn2)n1. The summed E-state index contributed by atoms with van der Waals surface area (Å²) in [6, 6.07) is 16.4. The van der Waals surface area contributed by atoms with Gasteiger partial charge >= 0.3 is 0 Å². The molecule has 0 fully saturated rings. The van der Waals surface area contributed by atoms with Crippen LogP contribution in [0.25, 0.3) is 5.82 Å². The molecule has 5 rings (SSSR count). The normalized spacial score (nSPS) is 15.0. The van der Waals surface area contributed by atoms with E-state index in [0.717, 1.165) is 29.2 Å². The second-order valence-corrected chi connectivity index (χ2v) is 8.61. The molecule has 7 heteroatoms. The highest BCUT2D eigenvalue weighted by molar-refractivity contribution is 5.95. The molecule has 1 unspecified atom stereocenters. The third-order valence-electron chi connectivity index (χ3n) is 6.14. The fraction of sp³-hybridized carbons (Fsp3) is 0.269. The Morgan fingerprint density at radius 1 is 1.18 bits per heavy atom. The highest BCUT2D eigenvalue weighted by Gasteiger charge is 2.28. The van der Waals surface area contributed by atoms with Crippen LogP contribution < -0.4 is 10.2 Å². The minimum absolute atomic E-state index is 0.151. The summed E-state index contributed by atoms with van der Waals surface area (Å²) in [6.45, 7) is 7.11. The van der Waals surface area contributed by atoms with Gasteiger partial charge in [-0.1, -0.05) is 24.3 Å². The number of rotatable bonds is 6. The molecular weight excluding hydrogens is 414 g/mol. The highest BCUT2D eigenvalue weighted by Crippen LogP contribution is 2.33. The Kier molecular flexibility index (Phi) is 5.46. The molecule has 0 spiro atoms. The van der Waals surface area contributed by atoms with E-state index >= 15 is 0 Å². The van der Waals surface area contributed by atoms with Crippen molar-refractivity contribution in [1.29, 1.82) is 0 Å². The van der Waals surface area contributed by atoms with Gasteiger partial charge in [-0.3, -0.25) is 4.79 Å². The predicted octanol–water partition coefficient (Wildman–Crippen LogP) is 4.36. The average Bonchev–Trinajstić information content (AvgIpc) is 3.50. The first-order valence-electron chi connectivity index (χ1n) is 11.2. The van der Waals surface area contributed by atoms with E-state index in [-0.39, 0.29) is 5.91 Å². The standard InChI is InChI=1S/C26H27N5O2/c1-17-12-19(3)31(29-17)25-9-8-20(14-27-25)15-28-26(32)22-10-11-33-24(22)16-30-18(2)13-21-6-4-5-7-23(21)30/h4-12,14,18H,13,15-16H2,1-3H3,(H,28,32). The number of amides is 1. The van der Waals surface area contributed by atoms with E-state index in [1.165, 1.54) is 11.3 Å². The van der Waals surface area contributed by atoms with Gasteiger partial charge in [0.25, 0.3) is 5.91 Å². The third-order valence-corrected chi connectivity index (χ3v) is 6.14. The van der Waals surface area contributed by atoms with Crippen LogP contribution in [-0.4, -0.2) is 26.7 Å². The molecule has 0 bridgehead atoms. The van der Waals surface area contributed by atoms with Gasteiger partial charge in [-0.25, -0.2) is 9.67 Å². The number of anilines is 1. The van der Waals surface area contributed by atoms with Crippen molar-refractivity contribution in [2.75, 3.05) is 4.90 Å². The van der Waals surface area contributed by atoms with Crippen molar-refractivity contribution in [2.45, 2.75) is 46.3 Å². The quantitative estimate of drug-likeness (QED) is 0.481. The third kappa shape index (κ3) is 4.14. The molecule has 168 valence electrons. The number of pyridine rings is 1. The van der Waals surface area contributed by atoms with Gasteiger partial charge in [0.2, 0.25) is 0 Å². The molecule has 1 aromatic carbocycles. The lowest BCUT2D eigenvalue weighted by atomic mass is 10.1. The van der Waals surface area contributed by atoms with Gasteiger partial charge in [0.05, 0.1) is 24.1 Å². The zero-order chi connectivity index (χ0) is 22.9. The first-order chi connectivity index (χ1) is 16.0. The molecule has 0 radical (unpaired) electrons. The molecule has 1 aliphatic rings. The van der Waals surface area contributed by atoms with Crippen molar-refractivity contribution in [3.8, 4) is 5.82 Å². The number of para-hydroxylation sites is 1. The van der Waals surface area contributed by atoms with Crippen LogP contribution in [0.3, 0.4) is 0 Å². The number of hydrogen-bond donors (Lipinski definition) is 1. The van der Waals surface area contributed by atoms with E-state index in [2.05, 4.69) is 45.4 Å². The largest absolute Gasteiger partial charge is 0.467 e. The van der Waals surface area contributed by atoms with Gasteiger partial charge in [0, 0.05) is 30.2 Å². The Hall–Kier alpha value is -3.87. The number of carbonyl (C=O) groups excluding carboxylic acids is 1. The highest BCUT2D eigenvalue weighted by atomic mass is 16.3. The second kappa shape index (κ2) is 8.58. The minimum Gasteiger partial charge on any atom is -0.467 e. The molecule has 0 saturated carbocycles. The van der Waals surface area contributed by atoms with Crippen molar-refractivity contribution < 1.29 is 9.21 Å². The number of hydrogen-bond acceptors (Lipinski definition) is 5. The number of benzene rings is 1. The van der Waals surface area contributed by atoms with Crippen LogP contribution in [-0.2, 0) is 19.5 Å². The predicted molar refractivity (Wildman–Crippen MR) is 127 cm³/mol. The van der Waals surface area contributed by atoms with E-state index in [0.29, 0.717) is 30.5 Å². The lowest BCUT2D eigenvalue weighted by Crippen LogP contribution is -2.30. The molecule has 4 aromatic rings. The lowest BCUT2D eigenvalue weighted by molar-refractivity contribution is 0.0949. The van der Waals surface area contributed by atoms with Gasteiger partial charge in [0.15, 0.2) is 5.82 Å². The van der Waals surface area contributed by atoms with Crippen LogP contribution in [0.5, 0.6) is 0 Å². The van der Waals surface area contributed by atoms with E-state index < -0.39 is 0 Å². The van der Waals surface area contributed by atoms with Crippen LogP contribution in [0.1, 0.15) is 45.6 Å². The summed E-state index contributed by atoms with van der Waals surface area (Å²) < 4.78 is 7.53. The summed E-state index contributed by atoms with van der Waals surface area (Å²) in [5, 5.41) is 7.45. The van der Waals surface area contributed by atoms with E-state index in [4.69, 9.17) is 4.42 Å². The first kappa shape index (κ1) is 21.0. The summed E-state index contributed by atoms with van der Waals surface area (Å²) in [4.78, 5) is 19.7. The minimum atomic E-state index is -0.151. The number of carbonyl (C=O) groups is 1. The average molecular weight is 442 g/mol. The van der Waals surface area contributed by atoms with Crippen LogP contribution in [0.2, 0.25) is 0 Å². The van der Waals surface area contributed by atoms with E-state index in [1.807, 2.05) is 42.8 Å². The Morgan fingerprint density at radius 3 is 2.79 bits per heavy atom. The summed E-state index contributed by atoms with van der Waals surface area (Å²) in [5.41, 5.74) is 6.01. The van der Waals surface area contributed by atoms with Gasteiger partial charge in [-0.05, 0) is 62.6 Å². The van der Waals surface area contributed by atoms with Crippen molar-refractivity contribution in [3.05, 3.63) is 94.8 Å². The molecule has 0 saturated heterocycles. The Balaban J connectivity index is 1.25. The van der Waals surface area contributed by atoms with Crippen molar-refractivity contribution >= 4 is 11.6 Å². The van der Waals surface area contributed by atoms with E-state index in [1.54, 1.807) is 18.5 Å². The number of aromatic nitrogens is 3. The molecule has 1 N–H and O–H groups in total. The zero-order valence-corrected chi connectivity index (χ0v) is 19.1. The number of fused-ring (bicyclic) bond motifs is 1. The van der Waals surface area contributed by atoms with Gasteiger partial charge in [0.1, 0.15) is 5.76 Å². The van der Waals surface area contributed by atoms with Crippen LogP contribution in [0.15, 0.2) is 65.4 Å². The van der Waals surface area contributed by atoms with Gasteiger partial charge < -0.3 is 14.6 Å². The molecule has 7 nitrogen and oxygen atoms in total. The smallest absolute Gasteiger partial charge is 0.255 e. The van der Waals surface area contributed by atoms with Gasteiger partial charge in [-0.15, -0.1) is 0 Å². The fourth-order valence-corrected chi connectivity index (χ4v) is 4.48. The summed E-state index contributed by atoms with van der Waals surface area (Å²) >= 11 is 0. The first-order valence-corrected chi connectivity index (χ1v) is 11.2. The number of aryl methyl sites for hydroxylation is 2. The maximum absolute atomic E-state index is 12.9. The summed E-state index contributed by atoms with van der Waals surface area (Å²) in [5.74, 6) is 1.28. The molecule has 1 atom stereocenters. The fourth-order valence-electron chi connectivity index (χ4n) is 4.48. The number of nitrogens with one attached hydrogen (secondary N) is 1. The van der Waals surface area contributed by atoms with Crippen molar-refractivity contribution in [2.24, 2.45) is 0 Å².